The molecule has 34 heavy (non-hydrogen) atoms. The third-order valence-electron chi connectivity index (χ3n) is 5.87. The van der Waals surface area contributed by atoms with E-state index in [0.29, 0.717) is 22.4 Å². The number of H-pyrrole nitrogens is 1. The van der Waals surface area contributed by atoms with Crippen molar-refractivity contribution in [3.05, 3.63) is 93.8 Å². The number of ketones is 1. The van der Waals surface area contributed by atoms with Gasteiger partial charge < -0.3 is 19.7 Å². The number of ether oxygens (including phenoxy) is 1. The minimum Gasteiger partial charge on any atom is -0.507 e. The second-order valence-corrected chi connectivity index (χ2v) is 7.96. The summed E-state index contributed by atoms with van der Waals surface area (Å²) in [4.78, 5) is 46.6. The Labute approximate surface area is 194 Å². The Hall–Kier alpha value is -4.27. The third kappa shape index (κ3) is 3.85. The van der Waals surface area contributed by atoms with Gasteiger partial charge in [0.05, 0.1) is 18.7 Å². The molecule has 1 amide bonds. The van der Waals surface area contributed by atoms with Crippen LogP contribution in [0.3, 0.4) is 0 Å². The fraction of sp³-hybridized carbons (Fsp3) is 0.200. The first kappa shape index (κ1) is 22.9. The number of aryl methyl sites for hydroxylation is 1. The van der Waals surface area contributed by atoms with Crippen molar-refractivity contribution in [2.75, 3.05) is 7.11 Å². The zero-order chi connectivity index (χ0) is 24.6. The van der Waals surface area contributed by atoms with E-state index in [2.05, 4.69) is 9.97 Å². The number of carbonyl (C=O) groups is 3. The van der Waals surface area contributed by atoms with E-state index in [1.165, 1.54) is 36.3 Å². The van der Waals surface area contributed by atoms with Crippen LogP contribution in [-0.2, 0) is 20.9 Å². The summed E-state index contributed by atoms with van der Waals surface area (Å²) < 4.78 is 18.4. The van der Waals surface area contributed by atoms with Gasteiger partial charge in [0, 0.05) is 30.2 Å². The summed E-state index contributed by atoms with van der Waals surface area (Å²) in [6.07, 6.45) is 3.16. The predicted octanol–water partition coefficient (Wildman–Crippen LogP) is 3.57. The van der Waals surface area contributed by atoms with E-state index in [1.54, 1.807) is 38.4 Å². The predicted molar refractivity (Wildman–Crippen MR) is 120 cm³/mol. The van der Waals surface area contributed by atoms with E-state index >= 15 is 0 Å². The molecule has 3 aromatic rings. The Balaban J connectivity index is 1.91. The molecule has 0 radical (unpaired) electrons. The molecule has 3 heterocycles. The van der Waals surface area contributed by atoms with Crippen molar-refractivity contribution in [1.82, 2.24) is 14.9 Å². The lowest BCUT2D eigenvalue weighted by Gasteiger charge is -2.25. The number of rotatable bonds is 5. The van der Waals surface area contributed by atoms with Crippen LogP contribution in [0.25, 0.3) is 5.76 Å². The lowest BCUT2D eigenvalue weighted by Crippen LogP contribution is -2.29. The molecule has 1 atom stereocenters. The molecule has 2 aromatic heterocycles. The number of aliphatic hydroxyl groups excluding tert-OH is 1. The molecule has 4 rings (SSSR count). The number of esters is 1. The molecule has 1 fully saturated rings. The third-order valence-corrected chi connectivity index (χ3v) is 5.87. The Morgan fingerprint density at radius 2 is 1.91 bits per heavy atom. The molecule has 0 spiro atoms. The highest BCUT2D eigenvalue weighted by molar-refractivity contribution is 6.46. The number of nitrogens with one attached hydrogen (secondary N) is 1. The van der Waals surface area contributed by atoms with Crippen molar-refractivity contribution in [2.24, 2.45) is 0 Å². The normalized spacial score (nSPS) is 17.3. The standard InChI is InChI=1S/C25H22FN3O5/c1-13-18(14(2)28-20(13)25(33)34-3)22(30)19-21(16-6-8-17(26)9-7-16)29(24(32)23(19)31)12-15-5-4-10-27-11-15/h4-11,21,28,30H,12H2,1-3H3/b22-19+/t21-/m1/s1. The van der Waals surface area contributed by atoms with Crippen LogP contribution in [-0.4, -0.2) is 44.7 Å². The number of nitrogens with zero attached hydrogens (tertiary/aromatic N) is 2. The van der Waals surface area contributed by atoms with Crippen molar-refractivity contribution >= 4 is 23.4 Å². The quantitative estimate of drug-likeness (QED) is 0.259. The van der Waals surface area contributed by atoms with Crippen molar-refractivity contribution in [3.63, 3.8) is 0 Å². The number of aromatic amines is 1. The summed E-state index contributed by atoms with van der Waals surface area (Å²) in [5, 5.41) is 11.3. The number of halogens is 1. The molecule has 0 aliphatic carbocycles. The molecule has 1 saturated heterocycles. The van der Waals surface area contributed by atoms with Gasteiger partial charge in [0.1, 0.15) is 17.3 Å². The fourth-order valence-electron chi connectivity index (χ4n) is 4.27. The van der Waals surface area contributed by atoms with Crippen molar-refractivity contribution in [2.45, 2.75) is 26.4 Å². The number of likely N-dealkylation sites (tertiary alicyclic amines) is 1. The molecule has 0 bridgehead atoms. The Kier molecular flexibility index (Phi) is 6.02. The second-order valence-electron chi connectivity index (χ2n) is 7.96. The van der Waals surface area contributed by atoms with Crippen molar-refractivity contribution < 1.29 is 28.6 Å². The first-order valence-electron chi connectivity index (χ1n) is 10.4. The Bertz CT molecular complexity index is 1310. The van der Waals surface area contributed by atoms with E-state index in [9.17, 15) is 23.9 Å². The van der Waals surface area contributed by atoms with E-state index in [1.807, 2.05) is 0 Å². The first-order valence-corrected chi connectivity index (χ1v) is 10.4. The van der Waals surface area contributed by atoms with E-state index in [4.69, 9.17) is 4.74 Å². The largest absolute Gasteiger partial charge is 0.507 e. The Morgan fingerprint density at radius 3 is 2.53 bits per heavy atom. The topological polar surface area (TPSA) is 113 Å². The highest BCUT2D eigenvalue weighted by atomic mass is 19.1. The highest BCUT2D eigenvalue weighted by Crippen LogP contribution is 2.41. The molecule has 9 heteroatoms. The number of aliphatic hydroxyl groups is 1. The van der Waals surface area contributed by atoms with Gasteiger partial charge in [-0.1, -0.05) is 18.2 Å². The smallest absolute Gasteiger partial charge is 0.354 e. The van der Waals surface area contributed by atoms with Gasteiger partial charge >= 0.3 is 5.97 Å². The number of carbonyl (C=O) groups excluding carboxylic acids is 3. The van der Waals surface area contributed by atoms with Crippen LogP contribution in [0.2, 0.25) is 0 Å². The molecule has 1 aromatic carbocycles. The van der Waals surface area contributed by atoms with Gasteiger partial charge in [-0.3, -0.25) is 14.6 Å². The number of aromatic nitrogens is 2. The van der Waals surface area contributed by atoms with Gasteiger partial charge in [-0.15, -0.1) is 0 Å². The second kappa shape index (κ2) is 8.93. The average Bonchev–Trinajstić information content (AvgIpc) is 3.27. The number of benzene rings is 1. The van der Waals surface area contributed by atoms with Crippen LogP contribution in [0, 0.1) is 19.7 Å². The molecule has 2 N–H and O–H groups in total. The molecule has 0 saturated carbocycles. The zero-order valence-electron chi connectivity index (χ0n) is 18.8. The van der Waals surface area contributed by atoms with Crippen molar-refractivity contribution in [3.8, 4) is 0 Å². The molecule has 1 aliphatic heterocycles. The summed E-state index contributed by atoms with van der Waals surface area (Å²) in [5.74, 6) is -3.23. The van der Waals surface area contributed by atoms with Crippen LogP contribution < -0.4 is 0 Å². The van der Waals surface area contributed by atoms with E-state index < -0.39 is 35.3 Å². The fourth-order valence-corrected chi connectivity index (χ4v) is 4.27. The summed E-state index contributed by atoms with van der Waals surface area (Å²) >= 11 is 0. The lowest BCUT2D eigenvalue weighted by molar-refractivity contribution is -0.140. The molecule has 1 aliphatic rings. The van der Waals surface area contributed by atoms with Gasteiger partial charge in [-0.25, -0.2) is 9.18 Å². The minimum atomic E-state index is -0.976. The number of pyridine rings is 1. The van der Waals surface area contributed by atoms with Gasteiger partial charge in [0.15, 0.2) is 0 Å². The van der Waals surface area contributed by atoms with Gasteiger partial charge in [-0.2, -0.15) is 0 Å². The summed E-state index contributed by atoms with van der Waals surface area (Å²) in [7, 11) is 1.23. The highest BCUT2D eigenvalue weighted by Gasteiger charge is 2.46. The molecular weight excluding hydrogens is 441 g/mol. The van der Waals surface area contributed by atoms with Crippen LogP contribution in [0.1, 0.15) is 44.5 Å². The molecular formula is C25H22FN3O5. The van der Waals surface area contributed by atoms with Crippen LogP contribution >= 0.6 is 0 Å². The lowest BCUT2D eigenvalue weighted by atomic mass is 9.94. The first-order chi connectivity index (χ1) is 16.2. The molecule has 174 valence electrons. The number of methoxy groups -OCH3 is 1. The number of hydrogen-bond acceptors (Lipinski definition) is 6. The van der Waals surface area contributed by atoms with Gasteiger partial charge in [0.2, 0.25) is 0 Å². The van der Waals surface area contributed by atoms with Crippen LogP contribution in [0.15, 0.2) is 54.4 Å². The number of Topliss-reactive ketones (excluding diaryl/α,β-unsaturated/α-hetero) is 1. The average molecular weight is 463 g/mol. The van der Waals surface area contributed by atoms with Gasteiger partial charge in [-0.05, 0) is 48.7 Å². The minimum absolute atomic E-state index is 0.0513. The summed E-state index contributed by atoms with van der Waals surface area (Å²) in [5.41, 5.74) is 2.13. The molecule has 0 unspecified atom stereocenters. The SMILES string of the molecule is COC(=O)c1[nH]c(C)c(/C(O)=C2\C(=O)C(=O)N(Cc3cccnc3)[C@@H]2c2ccc(F)cc2)c1C. The summed E-state index contributed by atoms with van der Waals surface area (Å²) in [6.45, 7) is 3.28. The maximum Gasteiger partial charge on any atom is 0.354 e. The van der Waals surface area contributed by atoms with E-state index in [-0.39, 0.29) is 23.4 Å². The van der Waals surface area contributed by atoms with Crippen LogP contribution in [0.5, 0.6) is 0 Å². The van der Waals surface area contributed by atoms with Gasteiger partial charge in [0.25, 0.3) is 11.7 Å². The summed E-state index contributed by atoms with van der Waals surface area (Å²) in [6, 6.07) is 7.87. The monoisotopic (exact) mass is 463 g/mol. The maximum absolute atomic E-state index is 13.6. The number of hydrogen-bond donors (Lipinski definition) is 2. The number of amides is 1. The van der Waals surface area contributed by atoms with Crippen molar-refractivity contribution in [1.29, 1.82) is 0 Å². The maximum atomic E-state index is 13.6. The van der Waals surface area contributed by atoms with Crippen LogP contribution in [0.4, 0.5) is 4.39 Å². The zero-order valence-corrected chi connectivity index (χ0v) is 18.8. The molecule has 8 nitrogen and oxygen atoms in total. The Morgan fingerprint density at radius 1 is 1.21 bits per heavy atom. The van der Waals surface area contributed by atoms with E-state index in [0.717, 1.165) is 0 Å².